The average molecular weight is 231 g/mol. The van der Waals surface area contributed by atoms with Crippen LogP contribution in [0, 0.1) is 0 Å². The largest absolute Gasteiger partial charge is 0.363 e. The predicted octanol–water partition coefficient (Wildman–Crippen LogP) is 3.25. The lowest BCUT2D eigenvalue weighted by Gasteiger charge is -1.96. The molecule has 0 amide bonds. The number of hydrogen-bond donors (Lipinski definition) is 1. The quantitative estimate of drug-likeness (QED) is 0.577. The molecule has 14 heavy (non-hydrogen) atoms. The summed E-state index contributed by atoms with van der Waals surface area (Å²) < 4.78 is 1.07. The zero-order valence-electron chi connectivity index (χ0n) is 8.75. The molecule has 0 saturated carbocycles. The van der Waals surface area contributed by atoms with Crippen LogP contribution in [-0.4, -0.2) is 23.0 Å². The van der Waals surface area contributed by atoms with Crippen molar-refractivity contribution >= 4 is 28.2 Å². The maximum atomic E-state index is 4.07. The fraction of sp³-hybridized carbons (Fsp3) is 0.778. The first kappa shape index (κ1) is 11.8. The van der Waals surface area contributed by atoms with E-state index in [1.165, 1.54) is 31.4 Å². The van der Waals surface area contributed by atoms with Crippen LogP contribution < -0.4 is 5.32 Å². The Morgan fingerprint density at radius 1 is 1.29 bits per heavy atom. The smallest absolute Gasteiger partial charge is 0.206 e. The fourth-order valence-electron chi connectivity index (χ4n) is 1.06. The minimum atomic E-state index is 0.904. The first-order valence-corrected chi connectivity index (χ1v) is 6.81. The van der Waals surface area contributed by atoms with Gasteiger partial charge in [0.25, 0.3) is 0 Å². The van der Waals surface area contributed by atoms with Crippen molar-refractivity contribution in [2.75, 3.05) is 18.1 Å². The molecule has 0 spiro atoms. The lowest BCUT2D eigenvalue weighted by molar-refractivity contribution is 0.706. The molecule has 1 heterocycles. The number of rotatable bonds is 7. The van der Waals surface area contributed by atoms with Gasteiger partial charge in [0.1, 0.15) is 0 Å². The monoisotopic (exact) mass is 231 g/mol. The van der Waals surface area contributed by atoms with E-state index < -0.39 is 0 Å². The third-order valence-corrected chi connectivity index (χ3v) is 4.00. The summed E-state index contributed by atoms with van der Waals surface area (Å²) in [5.74, 6) is 1.17. The van der Waals surface area contributed by atoms with Gasteiger partial charge in [-0.05, 0) is 6.42 Å². The molecule has 0 aliphatic carbocycles. The topological polar surface area (TPSA) is 37.8 Å². The minimum absolute atomic E-state index is 0.904. The molecule has 0 bridgehead atoms. The molecule has 80 valence electrons. The SMILES string of the molecule is CCCCCCSc1nnc(NC)s1. The molecule has 0 unspecified atom stereocenters. The first-order chi connectivity index (χ1) is 6.86. The van der Waals surface area contributed by atoms with E-state index in [9.17, 15) is 0 Å². The van der Waals surface area contributed by atoms with Crippen molar-refractivity contribution in [2.24, 2.45) is 0 Å². The molecular formula is C9H17N3S2. The highest BCUT2D eigenvalue weighted by Gasteiger charge is 2.01. The van der Waals surface area contributed by atoms with Gasteiger partial charge in [-0.25, -0.2) is 0 Å². The number of nitrogens with zero attached hydrogens (tertiary/aromatic N) is 2. The average Bonchev–Trinajstić information content (AvgIpc) is 2.65. The Labute approximate surface area is 93.7 Å². The van der Waals surface area contributed by atoms with Crippen LogP contribution >= 0.6 is 23.1 Å². The summed E-state index contributed by atoms with van der Waals surface area (Å²) in [5, 5.41) is 12.0. The molecule has 0 saturated heterocycles. The third-order valence-electron chi connectivity index (χ3n) is 1.84. The van der Waals surface area contributed by atoms with Crippen molar-refractivity contribution in [3.63, 3.8) is 0 Å². The van der Waals surface area contributed by atoms with Crippen LogP contribution in [0.25, 0.3) is 0 Å². The van der Waals surface area contributed by atoms with Crippen LogP contribution in [0.15, 0.2) is 4.34 Å². The van der Waals surface area contributed by atoms with Crippen molar-refractivity contribution in [1.82, 2.24) is 10.2 Å². The molecule has 0 radical (unpaired) electrons. The van der Waals surface area contributed by atoms with E-state index in [0.29, 0.717) is 0 Å². The summed E-state index contributed by atoms with van der Waals surface area (Å²) in [6.07, 6.45) is 5.26. The molecule has 1 rings (SSSR count). The van der Waals surface area contributed by atoms with Crippen LogP contribution in [0.2, 0.25) is 0 Å². The Bertz CT molecular complexity index is 250. The molecule has 0 fully saturated rings. The summed E-state index contributed by atoms with van der Waals surface area (Å²) >= 11 is 3.44. The maximum absolute atomic E-state index is 4.07. The van der Waals surface area contributed by atoms with Crippen molar-refractivity contribution in [2.45, 2.75) is 36.9 Å². The highest BCUT2D eigenvalue weighted by atomic mass is 32.2. The van der Waals surface area contributed by atoms with Gasteiger partial charge in [-0.3, -0.25) is 0 Å². The van der Waals surface area contributed by atoms with E-state index in [4.69, 9.17) is 0 Å². The Morgan fingerprint density at radius 2 is 2.14 bits per heavy atom. The van der Waals surface area contributed by atoms with Gasteiger partial charge in [0.05, 0.1) is 0 Å². The molecule has 0 aliphatic heterocycles. The molecule has 3 nitrogen and oxygen atoms in total. The first-order valence-electron chi connectivity index (χ1n) is 5.01. The Kier molecular flexibility index (Phi) is 5.94. The number of hydrogen-bond acceptors (Lipinski definition) is 5. The van der Waals surface area contributed by atoms with Crippen molar-refractivity contribution in [1.29, 1.82) is 0 Å². The Balaban J connectivity index is 2.12. The van der Waals surface area contributed by atoms with Crippen LogP contribution in [0.3, 0.4) is 0 Å². The molecule has 0 aromatic carbocycles. The standard InChI is InChI=1S/C9H17N3S2/c1-3-4-5-6-7-13-9-12-11-8(10-2)14-9/h3-7H2,1-2H3,(H,10,11). The van der Waals surface area contributed by atoms with Crippen molar-refractivity contribution < 1.29 is 0 Å². The summed E-state index contributed by atoms with van der Waals surface area (Å²) in [6, 6.07) is 0. The molecule has 0 atom stereocenters. The summed E-state index contributed by atoms with van der Waals surface area (Å²) in [6.45, 7) is 2.23. The lowest BCUT2D eigenvalue weighted by Crippen LogP contribution is -1.84. The van der Waals surface area contributed by atoms with Gasteiger partial charge in [0.15, 0.2) is 4.34 Å². The van der Waals surface area contributed by atoms with Gasteiger partial charge in [0, 0.05) is 12.8 Å². The Hall–Kier alpha value is -0.290. The molecule has 1 aromatic rings. The van der Waals surface area contributed by atoms with E-state index >= 15 is 0 Å². The molecule has 0 aliphatic rings. The second-order valence-corrected chi connectivity index (χ2v) is 5.35. The summed E-state index contributed by atoms with van der Waals surface area (Å²) in [4.78, 5) is 0. The number of aromatic nitrogens is 2. The van der Waals surface area contributed by atoms with E-state index in [1.54, 1.807) is 11.3 Å². The number of nitrogens with one attached hydrogen (secondary N) is 1. The van der Waals surface area contributed by atoms with Gasteiger partial charge < -0.3 is 5.32 Å². The number of unbranched alkanes of at least 4 members (excludes halogenated alkanes) is 3. The highest BCUT2D eigenvalue weighted by Crippen LogP contribution is 2.25. The van der Waals surface area contributed by atoms with Gasteiger partial charge in [0.2, 0.25) is 5.13 Å². The molecule has 1 N–H and O–H groups in total. The summed E-state index contributed by atoms with van der Waals surface area (Å²) in [5.41, 5.74) is 0. The predicted molar refractivity (Wildman–Crippen MR) is 64.3 cm³/mol. The van der Waals surface area contributed by atoms with Crippen molar-refractivity contribution in [3.8, 4) is 0 Å². The normalized spacial score (nSPS) is 10.4. The Morgan fingerprint density at radius 3 is 2.79 bits per heavy atom. The van der Waals surface area contributed by atoms with E-state index in [0.717, 1.165) is 9.47 Å². The fourth-order valence-corrected chi connectivity index (χ4v) is 2.83. The van der Waals surface area contributed by atoms with Gasteiger partial charge in [-0.1, -0.05) is 49.3 Å². The molecule has 1 aromatic heterocycles. The summed E-state index contributed by atoms with van der Waals surface area (Å²) in [7, 11) is 1.87. The lowest BCUT2D eigenvalue weighted by atomic mass is 10.2. The van der Waals surface area contributed by atoms with Crippen LogP contribution in [0.5, 0.6) is 0 Å². The van der Waals surface area contributed by atoms with Crippen molar-refractivity contribution in [3.05, 3.63) is 0 Å². The van der Waals surface area contributed by atoms with E-state index in [2.05, 4.69) is 22.4 Å². The van der Waals surface area contributed by atoms with Crippen LogP contribution in [0.1, 0.15) is 32.6 Å². The minimum Gasteiger partial charge on any atom is -0.363 e. The third kappa shape index (κ3) is 4.28. The zero-order valence-corrected chi connectivity index (χ0v) is 10.4. The highest BCUT2D eigenvalue weighted by molar-refractivity contribution is 8.01. The van der Waals surface area contributed by atoms with Crippen LogP contribution in [-0.2, 0) is 0 Å². The maximum Gasteiger partial charge on any atom is 0.206 e. The number of anilines is 1. The van der Waals surface area contributed by atoms with Gasteiger partial charge in [-0.2, -0.15) is 0 Å². The van der Waals surface area contributed by atoms with Gasteiger partial charge in [-0.15, -0.1) is 10.2 Å². The second-order valence-electron chi connectivity index (χ2n) is 3.03. The van der Waals surface area contributed by atoms with E-state index in [1.807, 2.05) is 18.8 Å². The van der Waals surface area contributed by atoms with E-state index in [-0.39, 0.29) is 0 Å². The zero-order chi connectivity index (χ0) is 10.2. The van der Waals surface area contributed by atoms with Gasteiger partial charge >= 0.3 is 0 Å². The molecule has 5 heteroatoms. The van der Waals surface area contributed by atoms with Crippen LogP contribution in [0.4, 0.5) is 5.13 Å². The second kappa shape index (κ2) is 7.06. The molecular weight excluding hydrogens is 214 g/mol. The number of thioether (sulfide) groups is 1.